The summed E-state index contributed by atoms with van der Waals surface area (Å²) in [4.78, 5) is 17.8. The molecule has 168 valence electrons. The van der Waals surface area contributed by atoms with Gasteiger partial charge in [-0.05, 0) is 49.4 Å². The molecule has 3 heterocycles. The molecule has 1 aromatic carbocycles. The summed E-state index contributed by atoms with van der Waals surface area (Å²) in [5.74, 6) is -0.344. The lowest BCUT2D eigenvalue weighted by molar-refractivity contribution is -0.332. The number of ether oxygens (including phenoxy) is 1. The highest BCUT2D eigenvalue weighted by molar-refractivity contribution is 7.13. The van der Waals surface area contributed by atoms with Gasteiger partial charge in [-0.2, -0.15) is 8.78 Å². The zero-order valence-corrected chi connectivity index (χ0v) is 18.5. The zero-order chi connectivity index (χ0) is 22.1. The normalized spacial score (nSPS) is 20.8. The van der Waals surface area contributed by atoms with Crippen LogP contribution >= 0.6 is 11.3 Å². The van der Waals surface area contributed by atoms with E-state index in [0.717, 1.165) is 22.5 Å². The molecule has 0 unspecified atom stereocenters. The number of alkyl halides is 2. The molecule has 0 aliphatic carbocycles. The van der Waals surface area contributed by atoms with Crippen LogP contribution in [0.15, 0.2) is 36.4 Å². The second kappa shape index (κ2) is 8.94. The molecular formula is C23H28F2N2O3S. The Labute approximate surface area is 185 Å². The van der Waals surface area contributed by atoms with E-state index in [1.807, 2.05) is 31.2 Å². The first-order valence-corrected chi connectivity index (χ1v) is 11.4. The van der Waals surface area contributed by atoms with Gasteiger partial charge in [0, 0.05) is 31.1 Å². The van der Waals surface area contributed by atoms with Gasteiger partial charge in [0.2, 0.25) is 0 Å². The number of carbonyl (C=O) groups excluding carboxylic acids is 1. The van der Waals surface area contributed by atoms with E-state index in [0.29, 0.717) is 37.2 Å². The van der Waals surface area contributed by atoms with Crippen LogP contribution in [0.2, 0.25) is 0 Å². The van der Waals surface area contributed by atoms with Crippen LogP contribution in [0, 0.1) is 6.92 Å². The minimum atomic E-state index is -3.35. The Morgan fingerprint density at radius 2 is 1.90 bits per heavy atom. The van der Waals surface area contributed by atoms with Crippen molar-refractivity contribution in [1.82, 2.24) is 9.80 Å². The van der Waals surface area contributed by atoms with Crippen LogP contribution < -0.4 is 0 Å². The molecule has 1 amide bonds. The topological polar surface area (TPSA) is 53.0 Å². The minimum Gasteiger partial charge on any atom is -0.396 e. The standard InChI is InChI=1S/C23H28F2N2O3S/c1-17-5-6-20(31-17)21(29)27-15-22(30-23(24,25)16-27)8-10-26(11-9-22)14-19-4-2-3-18(13-19)7-12-28/h2-6,13,28H,7-12,14-16H2,1H3. The van der Waals surface area contributed by atoms with Crippen molar-refractivity contribution in [3.8, 4) is 0 Å². The monoisotopic (exact) mass is 450 g/mol. The summed E-state index contributed by atoms with van der Waals surface area (Å²) in [5.41, 5.74) is 1.21. The summed E-state index contributed by atoms with van der Waals surface area (Å²) >= 11 is 1.33. The van der Waals surface area contributed by atoms with Gasteiger partial charge in [-0.25, -0.2) is 0 Å². The number of carbonyl (C=O) groups is 1. The molecule has 2 saturated heterocycles. The molecule has 0 saturated carbocycles. The summed E-state index contributed by atoms with van der Waals surface area (Å²) in [6.07, 6.45) is -1.83. The third-order valence-corrected chi connectivity index (χ3v) is 7.01. The highest BCUT2D eigenvalue weighted by Gasteiger charge is 2.52. The molecule has 4 rings (SSSR count). The van der Waals surface area contributed by atoms with Crippen molar-refractivity contribution in [3.05, 3.63) is 57.3 Å². The van der Waals surface area contributed by atoms with Gasteiger partial charge in [0.15, 0.2) is 0 Å². The summed E-state index contributed by atoms with van der Waals surface area (Å²) in [5, 5.41) is 9.14. The average molecular weight is 451 g/mol. The second-order valence-corrected chi connectivity index (χ2v) is 9.85. The molecule has 2 aromatic rings. The molecule has 0 radical (unpaired) electrons. The largest absolute Gasteiger partial charge is 0.396 e. The van der Waals surface area contributed by atoms with Crippen LogP contribution in [-0.4, -0.2) is 65.3 Å². The molecule has 1 N–H and O–H groups in total. The Morgan fingerprint density at radius 1 is 1.16 bits per heavy atom. The molecule has 0 atom stereocenters. The van der Waals surface area contributed by atoms with Crippen molar-refractivity contribution >= 4 is 17.2 Å². The van der Waals surface area contributed by atoms with Crippen molar-refractivity contribution in [3.63, 3.8) is 0 Å². The molecule has 2 aliphatic rings. The van der Waals surface area contributed by atoms with Gasteiger partial charge < -0.3 is 14.7 Å². The fraction of sp³-hybridized carbons (Fsp3) is 0.522. The van der Waals surface area contributed by atoms with Crippen molar-refractivity contribution in [2.24, 2.45) is 0 Å². The molecule has 1 aromatic heterocycles. The van der Waals surface area contributed by atoms with Crippen LogP contribution in [0.4, 0.5) is 8.78 Å². The van der Waals surface area contributed by atoms with Crippen LogP contribution in [0.5, 0.6) is 0 Å². The quantitative estimate of drug-likeness (QED) is 0.755. The summed E-state index contributed by atoms with van der Waals surface area (Å²) in [6, 6.07) is 11.6. The number of rotatable bonds is 5. The van der Waals surface area contributed by atoms with Gasteiger partial charge in [0.05, 0.1) is 17.0 Å². The zero-order valence-electron chi connectivity index (χ0n) is 17.7. The Hall–Kier alpha value is -1.87. The minimum absolute atomic E-state index is 0.113. The predicted octanol–water partition coefficient (Wildman–Crippen LogP) is 3.69. The van der Waals surface area contributed by atoms with Gasteiger partial charge >= 0.3 is 6.11 Å². The molecule has 2 aliphatic heterocycles. The second-order valence-electron chi connectivity index (χ2n) is 8.56. The lowest BCUT2D eigenvalue weighted by Gasteiger charge is -2.49. The molecule has 8 heteroatoms. The number of aliphatic hydroxyl groups is 1. The van der Waals surface area contributed by atoms with Crippen molar-refractivity contribution < 1.29 is 23.4 Å². The number of nitrogens with zero attached hydrogens (tertiary/aromatic N) is 2. The molecular weight excluding hydrogens is 422 g/mol. The van der Waals surface area contributed by atoms with Gasteiger partial charge in [-0.15, -0.1) is 11.3 Å². The van der Waals surface area contributed by atoms with Crippen molar-refractivity contribution in [2.45, 2.75) is 44.4 Å². The van der Waals surface area contributed by atoms with E-state index in [4.69, 9.17) is 9.84 Å². The van der Waals surface area contributed by atoms with Crippen LogP contribution in [0.25, 0.3) is 0 Å². The van der Waals surface area contributed by atoms with E-state index in [2.05, 4.69) is 11.0 Å². The van der Waals surface area contributed by atoms with Crippen LogP contribution in [0.1, 0.15) is 38.5 Å². The number of benzene rings is 1. The van der Waals surface area contributed by atoms with Gasteiger partial charge in [-0.1, -0.05) is 24.3 Å². The maximum atomic E-state index is 14.5. The number of piperidine rings is 1. The smallest absolute Gasteiger partial charge is 0.373 e. The van der Waals surface area contributed by atoms with E-state index < -0.39 is 18.3 Å². The molecule has 1 spiro atoms. The van der Waals surface area contributed by atoms with E-state index >= 15 is 0 Å². The maximum absolute atomic E-state index is 14.5. The number of aryl methyl sites for hydroxylation is 1. The Morgan fingerprint density at radius 3 is 2.58 bits per heavy atom. The van der Waals surface area contributed by atoms with Gasteiger partial charge in [-0.3, -0.25) is 9.69 Å². The Balaban J connectivity index is 1.41. The van der Waals surface area contributed by atoms with Crippen molar-refractivity contribution in [1.29, 1.82) is 0 Å². The third-order valence-electron chi connectivity index (χ3n) is 6.02. The van der Waals surface area contributed by atoms with Gasteiger partial charge in [0.1, 0.15) is 6.54 Å². The number of amides is 1. The highest BCUT2D eigenvalue weighted by Crippen LogP contribution is 2.39. The van der Waals surface area contributed by atoms with Crippen LogP contribution in [-0.2, 0) is 17.7 Å². The van der Waals surface area contributed by atoms with E-state index in [9.17, 15) is 13.6 Å². The van der Waals surface area contributed by atoms with Gasteiger partial charge in [0.25, 0.3) is 5.91 Å². The Kier molecular flexibility index (Phi) is 6.44. The molecule has 5 nitrogen and oxygen atoms in total. The summed E-state index contributed by atoms with van der Waals surface area (Å²) < 4.78 is 34.3. The lowest BCUT2D eigenvalue weighted by Crippen LogP contribution is -2.62. The molecule has 31 heavy (non-hydrogen) atoms. The number of halogens is 2. The third kappa shape index (κ3) is 5.31. The number of aliphatic hydroxyl groups excluding tert-OH is 1. The van der Waals surface area contributed by atoms with Crippen molar-refractivity contribution in [2.75, 3.05) is 32.8 Å². The SMILES string of the molecule is Cc1ccc(C(=O)N2CC(F)(F)OC3(CCN(Cc4cccc(CCO)c4)CC3)C2)s1. The number of hydrogen-bond donors (Lipinski definition) is 1. The summed E-state index contributed by atoms with van der Waals surface area (Å²) in [6.45, 7) is 3.47. The number of likely N-dealkylation sites (tertiary alicyclic amines) is 1. The first-order chi connectivity index (χ1) is 14.8. The predicted molar refractivity (Wildman–Crippen MR) is 115 cm³/mol. The van der Waals surface area contributed by atoms with E-state index in [-0.39, 0.29) is 19.1 Å². The number of thiophene rings is 1. The lowest BCUT2D eigenvalue weighted by atomic mass is 9.88. The Bertz CT molecular complexity index is 925. The molecule has 2 fully saturated rings. The first kappa shape index (κ1) is 22.3. The first-order valence-electron chi connectivity index (χ1n) is 10.6. The summed E-state index contributed by atoms with van der Waals surface area (Å²) in [7, 11) is 0. The fourth-order valence-corrected chi connectivity index (χ4v) is 5.34. The van der Waals surface area contributed by atoms with Crippen LogP contribution in [0.3, 0.4) is 0 Å². The highest BCUT2D eigenvalue weighted by atomic mass is 32.1. The maximum Gasteiger partial charge on any atom is 0.373 e. The fourth-order valence-electron chi connectivity index (χ4n) is 4.51. The molecule has 0 bridgehead atoms. The number of morpholine rings is 1. The van der Waals surface area contributed by atoms with E-state index in [1.54, 1.807) is 6.07 Å². The van der Waals surface area contributed by atoms with E-state index in [1.165, 1.54) is 16.2 Å². The number of hydrogen-bond acceptors (Lipinski definition) is 5. The average Bonchev–Trinajstić information content (AvgIpc) is 3.15.